The molecule has 2 aromatic heterocycles. The number of aromatic nitrogens is 4. The summed E-state index contributed by atoms with van der Waals surface area (Å²) in [7, 11) is 2.67. The Kier molecular flexibility index (Phi) is 6.42. The van der Waals surface area contributed by atoms with E-state index in [1.165, 1.54) is 18.7 Å². The number of thioether (sulfide) groups is 1. The first-order chi connectivity index (χ1) is 14.5. The third-order valence-corrected chi connectivity index (χ3v) is 5.96. The Morgan fingerprint density at radius 1 is 1.16 bits per heavy atom. The number of rotatable bonds is 6. The van der Waals surface area contributed by atoms with Gasteiger partial charge in [-0.3, -0.25) is 28.1 Å². The highest BCUT2D eigenvalue weighted by molar-refractivity contribution is 7.99. The second-order valence-electron chi connectivity index (χ2n) is 7.54. The minimum Gasteiger partial charge on any atom is -0.384 e. The van der Waals surface area contributed by atoms with Crippen LogP contribution in [0, 0.1) is 5.92 Å². The summed E-state index contributed by atoms with van der Waals surface area (Å²) >= 11 is 7.07. The molecule has 11 heteroatoms. The Bertz CT molecular complexity index is 1370. The summed E-state index contributed by atoms with van der Waals surface area (Å²) in [5.41, 5.74) is 4.43. The predicted octanol–water partition coefficient (Wildman–Crippen LogP) is 1.66. The number of nitrogens with two attached hydrogens (primary N) is 1. The normalized spacial score (nSPS) is 11.4. The molecule has 0 unspecified atom stereocenters. The minimum absolute atomic E-state index is 0.151. The Labute approximate surface area is 186 Å². The van der Waals surface area contributed by atoms with E-state index in [4.69, 9.17) is 17.3 Å². The van der Waals surface area contributed by atoms with Gasteiger partial charge in [0.2, 0.25) is 0 Å². The molecule has 0 aliphatic heterocycles. The average molecular weight is 464 g/mol. The average Bonchev–Trinajstić information content (AvgIpc) is 2.72. The number of carbonyl (C=O) groups excluding carboxylic acids is 1. The molecule has 3 aromatic rings. The van der Waals surface area contributed by atoms with Gasteiger partial charge in [-0.25, -0.2) is 9.78 Å². The van der Waals surface area contributed by atoms with Crippen molar-refractivity contribution in [1.29, 1.82) is 0 Å². The van der Waals surface area contributed by atoms with E-state index in [-0.39, 0.29) is 28.6 Å². The number of fused-ring (bicyclic) bond motifs is 1. The number of hydrogen-bond donors (Lipinski definition) is 1. The van der Waals surface area contributed by atoms with E-state index in [0.29, 0.717) is 27.6 Å². The monoisotopic (exact) mass is 463 g/mol. The number of Topliss-reactive ketones (excluding diaryl/α,β-unsaturated/α-hetero) is 1. The molecule has 1 aromatic carbocycles. The van der Waals surface area contributed by atoms with E-state index in [1.807, 2.05) is 13.8 Å². The summed E-state index contributed by atoms with van der Waals surface area (Å²) < 4.78 is 3.39. The highest BCUT2D eigenvalue weighted by Crippen LogP contribution is 2.22. The highest BCUT2D eigenvalue weighted by atomic mass is 35.5. The van der Waals surface area contributed by atoms with Crippen LogP contribution in [0.2, 0.25) is 5.02 Å². The number of hydrogen-bond acceptors (Lipinski definition) is 7. The molecule has 0 aliphatic rings. The molecule has 3 rings (SSSR count). The topological polar surface area (TPSA) is 122 Å². The highest BCUT2D eigenvalue weighted by Gasteiger charge is 2.22. The minimum atomic E-state index is -0.758. The number of anilines is 1. The van der Waals surface area contributed by atoms with Crippen molar-refractivity contribution in [2.45, 2.75) is 25.5 Å². The van der Waals surface area contributed by atoms with Crippen LogP contribution in [0.25, 0.3) is 10.9 Å². The third-order valence-electron chi connectivity index (χ3n) is 4.75. The van der Waals surface area contributed by atoms with Crippen molar-refractivity contribution in [2.75, 3.05) is 11.5 Å². The molecule has 0 spiro atoms. The van der Waals surface area contributed by atoms with Crippen molar-refractivity contribution in [1.82, 2.24) is 18.7 Å². The summed E-state index contributed by atoms with van der Waals surface area (Å²) in [6.07, 6.45) is 0. The van der Waals surface area contributed by atoms with E-state index in [9.17, 15) is 19.2 Å². The van der Waals surface area contributed by atoms with Gasteiger partial charge in [0.15, 0.2) is 10.9 Å². The molecular formula is C20H22ClN5O4S. The maximum Gasteiger partial charge on any atom is 0.332 e. The SMILES string of the molecule is CC(C)Cn1c(SCC(=O)c2c(N)n(C)c(=O)n(C)c2=O)nc2ccc(Cl)cc2c1=O. The van der Waals surface area contributed by atoms with Crippen LogP contribution in [0.5, 0.6) is 0 Å². The van der Waals surface area contributed by atoms with Crippen molar-refractivity contribution >= 4 is 45.9 Å². The molecule has 2 N–H and O–H groups in total. The molecule has 0 bridgehead atoms. The molecule has 0 saturated carbocycles. The maximum absolute atomic E-state index is 13.0. The Balaban J connectivity index is 2.04. The van der Waals surface area contributed by atoms with Crippen LogP contribution in [0.4, 0.5) is 5.82 Å². The van der Waals surface area contributed by atoms with Crippen LogP contribution in [-0.4, -0.2) is 30.2 Å². The van der Waals surface area contributed by atoms with Gasteiger partial charge in [0.05, 0.1) is 16.7 Å². The molecule has 0 fully saturated rings. The summed E-state index contributed by atoms with van der Waals surface area (Å²) in [6, 6.07) is 4.85. The van der Waals surface area contributed by atoms with Gasteiger partial charge in [-0.15, -0.1) is 0 Å². The van der Waals surface area contributed by atoms with Crippen molar-refractivity contribution < 1.29 is 4.79 Å². The zero-order valence-corrected chi connectivity index (χ0v) is 19.1. The second-order valence-corrected chi connectivity index (χ2v) is 8.92. The van der Waals surface area contributed by atoms with Crippen molar-refractivity contribution in [3.05, 3.63) is 60.0 Å². The van der Waals surface area contributed by atoms with Crippen molar-refractivity contribution in [3.63, 3.8) is 0 Å². The van der Waals surface area contributed by atoms with Gasteiger partial charge in [0.25, 0.3) is 11.1 Å². The van der Waals surface area contributed by atoms with Crippen molar-refractivity contribution in [3.8, 4) is 0 Å². The van der Waals surface area contributed by atoms with E-state index in [1.54, 1.807) is 18.2 Å². The second kappa shape index (κ2) is 8.72. The summed E-state index contributed by atoms with van der Waals surface area (Å²) in [5.74, 6) is -0.779. The molecule has 0 aliphatic carbocycles. The molecule has 2 heterocycles. The van der Waals surface area contributed by atoms with Crippen LogP contribution < -0.4 is 22.5 Å². The number of halogens is 1. The lowest BCUT2D eigenvalue weighted by Gasteiger charge is -2.15. The van der Waals surface area contributed by atoms with Gasteiger partial charge in [0, 0.05) is 25.7 Å². The fraction of sp³-hybridized carbons (Fsp3) is 0.350. The van der Waals surface area contributed by atoms with E-state index < -0.39 is 17.0 Å². The number of benzene rings is 1. The fourth-order valence-electron chi connectivity index (χ4n) is 3.13. The molecule has 0 saturated heterocycles. The Morgan fingerprint density at radius 2 is 1.84 bits per heavy atom. The molecule has 164 valence electrons. The molecule has 9 nitrogen and oxygen atoms in total. The summed E-state index contributed by atoms with van der Waals surface area (Å²) in [6.45, 7) is 4.32. The lowest BCUT2D eigenvalue weighted by atomic mass is 10.2. The molecule has 0 atom stereocenters. The van der Waals surface area contributed by atoms with Crippen molar-refractivity contribution in [2.24, 2.45) is 20.0 Å². The fourth-order valence-corrected chi connectivity index (χ4v) is 4.19. The first kappa shape index (κ1) is 22.8. The largest absolute Gasteiger partial charge is 0.384 e. The van der Waals surface area contributed by atoms with Gasteiger partial charge in [-0.1, -0.05) is 37.2 Å². The molecular weight excluding hydrogens is 442 g/mol. The van der Waals surface area contributed by atoms with Gasteiger partial charge in [-0.2, -0.15) is 0 Å². The lowest BCUT2D eigenvalue weighted by Crippen LogP contribution is -2.41. The summed E-state index contributed by atoms with van der Waals surface area (Å²) in [5, 5.41) is 1.17. The lowest BCUT2D eigenvalue weighted by molar-refractivity contribution is 0.102. The van der Waals surface area contributed by atoms with E-state index >= 15 is 0 Å². The Morgan fingerprint density at radius 3 is 2.48 bits per heavy atom. The zero-order chi connectivity index (χ0) is 23.0. The molecule has 31 heavy (non-hydrogen) atoms. The van der Waals surface area contributed by atoms with Gasteiger partial charge in [-0.05, 0) is 24.1 Å². The molecule has 0 amide bonds. The van der Waals surface area contributed by atoms with Crippen LogP contribution in [0.15, 0.2) is 37.7 Å². The number of carbonyl (C=O) groups is 1. The zero-order valence-electron chi connectivity index (χ0n) is 17.5. The third kappa shape index (κ3) is 4.31. The molecule has 0 radical (unpaired) electrons. The maximum atomic E-state index is 13.0. The first-order valence-corrected chi connectivity index (χ1v) is 10.8. The first-order valence-electron chi connectivity index (χ1n) is 9.44. The number of nitrogen functional groups attached to an aromatic ring is 1. The standard InChI is InChI=1S/C20H22ClN5O4S/c1-10(2)8-26-17(28)12-7-11(21)5-6-13(12)23-19(26)31-9-14(27)15-16(22)24(3)20(30)25(4)18(15)29/h5-7,10H,8-9,22H2,1-4H3. The van der Waals surface area contributed by atoms with Crippen LogP contribution in [-0.2, 0) is 20.6 Å². The Hall–Kier alpha value is -2.85. The number of ketones is 1. The van der Waals surface area contributed by atoms with E-state index in [0.717, 1.165) is 20.9 Å². The van der Waals surface area contributed by atoms with Crippen LogP contribution in [0.3, 0.4) is 0 Å². The van der Waals surface area contributed by atoms with Crippen LogP contribution >= 0.6 is 23.4 Å². The number of nitrogens with zero attached hydrogens (tertiary/aromatic N) is 4. The predicted molar refractivity (Wildman–Crippen MR) is 122 cm³/mol. The van der Waals surface area contributed by atoms with Crippen LogP contribution in [0.1, 0.15) is 24.2 Å². The van der Waals surface area contributed by atoms with E-state index in [2.05, 4.69) is 4.98 Å². The van der Waals surface area contributed by atoms with Gasteiger partial charge >= 0.3 is 5.69 Å². The quantitative estimate of drug-likeness (QED) is 0.335. The summed E-state index contributed by atoms with van der Waals surface area (Å²) in [4.78, 5) is 54.8. The van der Waals surface area contributed by atoms with Gasteiger partial charge < -0.3 is 5.73 Å². The van der Waals surface area contributed by atoms with Gasteiger partial charge in [0.1, 0.15) is 11.4 Å². The smallest absolute Gasteiger partial charge is 0.332 e.